The Morgan fingerprint density at radius 3 is 2.71 bits per heavy atom. The van der Waals surface area contributed by atoms with Gasteiger partial charge in [-0.05, 0) is 33.6 Å². The van der Waals surface area contributed by atoms with E-state index in [1.807, 2.05) is 13.0 Å². The molecule has 0 spiro atoms. The van der Waals surface area contributed by atoms with E-state index in [2.05, 4.69) is 15.9 Å². The molecule has 4 heteroatoms. The summed E-state index contributed by atoms with van der Waals surface area (Å²) in [5.74, 6) is 0.727. The number of hydrogen-bond acceptors (Lipinski definition) is 2. The Kier molecular flexibility index (Phi) is 4.23. The van der Waals surface area contributed by atoms with Gasteiger partial charge in [-0.25, -0.2) is 0 Å². The minimum atomic E-state index is 0.0389. The topological polar surface area (TPSA) is 29.5 Å². The number of rotatable bonds is 3. The third-order valence-electron chi connectivity index (χ3n) is 2.06. The molecule has 0 radical (unpaired) electrons. The molecule has 1 rings (SSSR count). The van der Waals surface area contributed by atoms with Crippen LogP contribution in [0, 0.1) is 0 Å². The highest BCUT2D eigenvalue weighted by Gasteiger charge is 2.13. The number of methoxy groups -OCH3 is 1. The van der Waals surface area contributed by atoms with Gasteiger partial charge in [0.1, 0.15) is 5.75 Å². The van der Waals surface area contributed by atoms with Gasteiger partial charge < -0.3 is 9.84 Å². The Hall–Kier alpha value is -0.250. The molecule has 0 aliphatic rings. The molecule has 1 aromatic carbocycles. The van der Waals surface area contributed by atoms with Gasteiger partial charge >= 0.3 is 0 Å². The van der Waals surface area contributed by atoms with Gasteiger partial charge in [0, 0.05) is 17.5 Å². The summed E-state index contributed by atoms with van der Waals surface area (Å²) in [7, 11) is 1.59. The van der Waals surface area contributed by atoms with E-state index in [0.717, 1.165) is 10.0 Å². The molecule has 1 atom stereocenters. The lowest BCUT2D eigenvalue weighted by Gasteiger charge is -2.14. The van der Waals surface area contributed by atoms with Gasteiger partial charge in [0.05, 0.1) is 11.6 Å². The van der Waals surface area contributed by atoms with Gasteiger partial charge in [-0.2, -0.15) is 0 Å². The Labute approximate surface area is 97.0 Å². The third-order valence-corrected chi connectivity index (χ3v) is 3.12. The second kappa shape index (κ2) is 5.01. The lowest BCUT2D eigenvalue weighted by atomic mass is 10.0. The minimum Gasteiger partial charge on any atom is -0.496 e. The van der Waals surface area contributed by atoms with E-state index in [1.165, 1.54) is 0 Å². The minimum absolute atomic E-state index is 0.0389. The van der Waals surface area contributed by atoms with E-state index >= 15 is 0 Å². The van der Waals surface area contributed by atoms with Crippen molar-refractivity contribution in [3.63, 3.8) is 0 Å². The standard InChI is InChI=1S/C10H12BrClO2/c1-6(5-13)8-3-7(12)4-9(14-2)10(8)11/h3-4,6,13H,5H2,1-2H3. The zero-order valence-electron chi connectivity index (χ0n) is 8.05. The first-order valence-corrected chi connectivity index (χ1v) is 5.41. The summed E-state index contributed by atoms with van der Waals surface area (Å²) >= 11 is 9.34. The molecule has 1 unspecified atom stereocenters. The van der Waals surface area contributed by atoms with Crippen molar-refractivity contribution in [1.29, 1.82) is 0 Å². The quantitative estimate of drug-likeness (QED) is 0.920. The van der Waals surface area contributed by atoms with Gasteiger partial charge in [0.15, 0.2) is 0 Å². The normalized spacial score (nSPS) is 12.6. The molecular weight excluding hydrogens is 267 g/mol. The van der Waals surface area contributed by atoms with Gasteiger partial charge in [-0.3, -0.25) is 0 Å². The first kappa shape index (κ1) is 11.8. The molecule has 1 N–H and O–H groups in total. The molecule has 1 aromatic rings. The number of halogens is 2. The third kappa shape index (κ3) is 2.41. The van der Waals surface area contributed by atoms with E-state index < -0.39 is 0 Å². The lowest BCUT2D eigenvalue weighted by Crippen LogP contribution is -2.01. The van der Waals surface area contributed by atoms with E-state index in [-0.39, 0.29) is 12.5 Å². The predicted molar refractivity (Wildman–Crippen MR) is 61.2 cm³/mol. The Balaban J connectivity index is 3.21. The molecule has 0 bridgehead atoms. The summed E-state index contributed by atoms with van der Waals surface area (Å²) < 4.78 is 6.00. The average Bonchev–Trinajstić information content (AvgIpc) is 2.19. The average molecular weight is 280 g/mol. The number of hydrogen-bond donors (Lipinski definition) is 1. The van der Waals surface area contributed by atoms with Gasteiger partial charge in [0.2, 0.25) is 0 Å². The molecule has 0 heterocycles. The summed E-state index contributed by atoms with van der Waals surface area (Å²) in [5.41, 5.74) is 0.955. The molecule has 2 nitrogen and oxygen atoms in total. The van der Waals surface area contributed by atoms with Crippen LogP contribution in [0.1, 0.15) is 18.4 Å². The highest BCUT2D eigenvalue weighted by Crippen LogP contribution is 2.35. The van der Waals surface area contributed by atoms with Crippen molar-refractivity contribution < 1.29 is 9.84 Å². The monoisotopic (exact) mass is 278 g/mol. The molecular formula is C10H12BrClO2. The maximum absolute atomic E-state index is 9.06. The van der Waals surface area contributed by atoms with E-state index in [0.29, 0.717) is 10.8 Å². The lowest BCUT2D eigenvalue weighted by molar-refractivity contribution is 0.272. The van der Waals surface area contributed by atoms with Crippen molar-refractivity contribution in [2.45, 2.75) is 12.8 Å². The summed E-state index contributed by atoms with van der Waals surface area (Å²) in [6.45, 7) is 2.01. The molecule has 0 aliphatic carbocycles. The van der Waals surface area contributed by atoms with Crippen molar-refractivity contribution in [3.8, 4) is 5.75 Å². The Morgan fingerprint density at radius 1 is 1.57 bits per heavy atom. The van der Waals surface area contributed by atoms with Crippen molar-refractivity contribution >= 4 is 27.5 Å². The largest absolute Gasteiger partial charge is 0.496 e. The van der Waals surface area contributed by atoms with Gasteiger partial charge in [-0.1, -0.05) is 18.5 Å². The molecule has 14 heavy (non-hydrogen) atoms. The molecule has 0 amide bonds. The number of benzene rings is 1. The highest BCUT2D eigenvalue weighted by molar-refractivity contribution is 9.10. The Morgan fingerprint density at radius 2 is 2.21 bits per heavy atom. The predicted octanol–water partition coefficient (Wildman–Crippen LogP) is 3.21. The van der Waals surface area contributed by atoms with Crippen LogP contribution in [-0.4, -0.2) is 18.8 Å². The first-order valence-electron chi connectivity index (χ1n) is 4.24. The zero-order chi connectivity index (χ0) is 10.7. The molecule has 78 valence electrons. The van der Waals surface area contributed by atoms with Crippen LogP contribution in [0.25, 0.3) is 0 Å². The van der Waals surface area contributed by atoms with Crippen LogP contribution < -0.4 is 4.74 Å². The van der Waals surface area contributed by atoms with Gasteiger partial charge in [0.25, 0.3) is 0 Å². The van der Waals surface area contributed by atoms with Crippen molar-refractivity contribution in [3.05, 3.63) is 27.2 Å². The maximum Gasteiger partial charge on any atom is 0.134 e. The summed E-state index contributed by atoms with van der Waals surface area (Å²) in [6, 6.07) is 3.56. The molecule has 0 saturated carbocycles. The van der Waals surface area contributed by atoms with Crippen molar-refractivity contribution in [2.75, 3.05) is 13.7 Å². The SMILES string of the molecule is COc1cc(Cl)cc(C(C)CO)c1Br. The molecule has 0 fully saturated rings. The van der Waals surface area contributed by atoms with Gasteiger partial charge in [-0.15, -0.1) is 0 Å². The summed E-state index contributed by atoms with van der Waals surface area (Å²) in [5, 5.41) is 9.67. The number of aliphatic hydroxyl groups is 1. The maximum atomic E-state index is 9.06. The molecule has 0 saturated heterocycles. The van der Waals surface area contributed by atoms with Crippen LogP contribution in [0.4, 0.5) is 0 Å². The van der Waals surface area contributed by atoms with E-state index in [1.54, 1.807) is 13.2 Å². The fraction of sp³-hybridized carbons (Fsp3) is 0.400. The second-order valence-corrected chi connectivity index (χ2v) is 4.32. The summed E-state index contributed by atoms with van der Waals surface area (Å²) in [6.07, 6.45) is 0. The summed E-state index contributed by atoms with van der Waals surface area (Å²) in [4.78, 5) is 0. The van der Waals surface area contributed by atoms with Crippen LogP contribution in [-0.2, 0) is 0 Å². The fourth-order valence-electron chi connectivity index (χ4n) is 1.19. The molecule has 0 aliphatic heterocycles. The van der Waals surface area contributed by atoms with Crippen molar-refractivity contribution in [1.82, 2.24) is 0 Å². The van der Waals surface area contributed by atoms with Crippen LogP contribution in [0.3, 0.4) is 0 Å². The van der Waals surface area contributed by atoms with E-state index in [9.17, 15) is 0 Å². The van der Waals surface area contributed by atoms with Crippen LogP contribution >= 0.6 is 27.5 Å². The fourth-order valence-corrected chi connectivity index (χ4v) is 2.19. The first-order chi connectivity index (χ1) is 6.60. The van der Waals surface area contributed by atoms with Crippen molar-refractivity contribution in [2.24, 2.45) is 0 Å². The number of ether oxygens (including phenoxy) is 1. The van der Waals surface area contributed by atoms with E-state index in [4.69, 9.17) is 21.4 Å². The zero-order valence-corrected chi connectivity index (χ0v) is 10.4. The second-order valence-electron chi connectivity index (χ2n) is 3.09. The smallest absolute Gasteiger partial charge is 0.134 e. The number of aliphatic hydroxyl groups excluding tert-OH is 1. The highest BCUT2D eigenvalue weighted by atomic mass is 79.9. The van der Waals surface area contributed by atoms with Crippen LogP contribution in [0.15, 0.2) is 16.6 Å². The molecule has 0 aromatic heterocycles. The van der Waals surface area contributed by atoms with Crippen LogP contribution in [0.2, 0.25) is 5.02 Å². The Bertz CT molecular complexity index is 328. The van der Waals surface area contributed by atoms with Crippen LogP contribution in [0.5, 0.6) is 5.75 Å².